The van der Waals surface area contributed by atoms with E-state index in [4.69, 9.17) is 9.47 Å². The number of hydrogen-bond donors (Lipinski definition) is 3. The predicted octanol–water partition coefficient (Wildman–Crippen LogP) is 6.12. The highest BCUT2D eigenvalue weighted by Gasteiger charge is 2.27. The molecule has 1 atom stereocenters. The Balaban J connectivity index is 0.00000506. The van der Waals surface area contributed by atoms with Crippen LogP contribution in [0.4, 0.5) is 20.2 Å². The predicted molar refractivity (Wildman–Crippen MR) is 168 cm³/mol. The first-order valence-electron chi connectivity index (χ1n) is 14.4. The molecule has 0 saturated carbocycles. The maximum atomic E-state index is 12.6. The molecule has 3 heterocycles. The van der Waals surface area contributed by atoms with Crippen LogP contribution in [0, 0.1) is 5.92 Å². The summed E-state index contributed by atoms with van der Waals surface area (Å²) in [6.07, 6.45) is 6.88. The van der Waals surface area contributed by atoms with E-state index in [0.29, 0.717) is 31.9 Å². The van der Waals surface area contributed by atoms with Crippen molar-refractivity contribution in [3.05, 3.63) is 54.5 Å². The number of hydrogen-bond acceptors (Lipinski definition) is 7. The van der Waals surface area contributed by atoms with Crippen LogP contribution in [-0.2, 0) is 16.0 Å². The molecule has 232 valence electrons. The lowest BCUT2D eigenvalue weighted by atomic mass is 9.95. The van der Waals surface area contributed by atoms with Crippen molar-refractivity contribution >= 4 is 47.2 Å². The van der Waals surface area contributed by atoms with Crippen LogP contribution in [0.1, 0.15) is 52.5 Å². The van der Waals surface area contributed by atoms with Crippen molar-refractivity contribution in [3.8, 4) is 11.1 Å². The first-order chi connectivity index (χ1) is 20.1. The second-order valence-electron chi connectivity index (χ2n) is 11.3. The lowest BCUT2D eigenvalue weighted by Crippen LogP contribution is -2.43. The first kappa shape index (κ1) is 33.4. The van der Waals surface area contributed by atoms with E-state index in [1.54, 1.807) is 23.5 Å². The van der Waals surface area contributed by atoms with Crippen molar-refractivity contribution in [2.24, 2.45) is 5.92 Å². The van der Waals surface area contributed by atoms with Crippen molar-refractivity contribution < 1.29 is 23.9 Å². The minimum Gasteiger partial charge on any atom is -0.450 e. The molecule has 0 aliphatic carbocycles. The largest absolute Gasteiger partial charge is 0.450 e. The van der Waals surface area contributed by atoms with Gasteiger partial charge in [0.25, 0.3) is 0 Å². The number of nitrogens with one attached hydrogen (secondary N) is 3. The molecule has 3 N–H and O–H groups in total. The summed E-state index contributed by atoms with van der Waals surface area (Å²) < 4.78 is 11.0. The SMILES string of the molecule is CCNC(=O)Nc1cc2c(-c3ccncc3)ccc(CNC(=O)OCCC3CCCN(C(=O)OC(C)(C)C)C3)c2cn1.Cl. The molecule has 0 spiro atoms. The molecule has 0 radical (unpaired) electrons. The molecular weight excluding hydrogens is 572 g/mol. The number of fused-ring (bicyclic) bond motifs is 1. The van der Waals surface area contributed by atoms with E-state index in [9.17, 15) is 14.4 Å². The number of likely N-dealkylation sites (tertiary alicyclic amines) is 1. The number of pyridine rings is 2. The van der Waals surface area contributed by atoms with Gasteiger partial charge in [-0.25, -0.2) is 19.4 Å². The number of amides is 4. The van der Waals surface area contributed by atoms with Gasteiger partial charge in [-0.05, 0) is 93.2 Å². The maximum absolute atomic E-state index is 12.6. The summed E-state index contributed by atoms with van der Waals surface area (Å²) in [6, 6.07) is 9.26. The number of halogens is 1. The summed E-state index contributed by atoms with van der Waals surface area (Å²) in [7, 11) is 0. The minimum absolute atomic E-state index is 0. The molecule has 1 aliphatic rings. The Morgan fingerprint density at radius 3 is 2.56 bits per heavy atom. The molecule has 43 heavy (non-hydrogen) atoms. The smallest absolute Gasteiger partial charge is 0.410 e. The van der Waals surface area contributed by atoms with Crippen LogP contribution in [-0.4, -0.2) is 64.9 Å². The topological polar surface area (TPSA) is 135 Å². The Kier molecular flexibility index (Phi) is 11.9. The van der Waals surface area contributed by atoms with Gasteiger partial charge in [-0.1, -0.05) is 12.1 Å². The zero-order chi connectivity index (χ0) is 30.1. The number of aromatic nitrogens is 2. The van der Waals surface area contributed by atoms with E-state index in [0.717, 1.165) is 40.3 Å². The van der Waals surface area contributed by atoms with Crippen LogP contribution in [0.3, 0.4) is 0 Å². The highest BCUT2D eigenvalue weighted by atomic mass is 35.5. The van der Waals surface area contributed by atoms with Crippen LogP contribution < -0.4 is 16.0 Å². The Labute approximate surface area is 258 Å². The molecule has 1 fully saturated rings. The quantitative estimate of drug-likeness (QED) is 0.279. The second kappa shape index (κ2) is 15.4. The molecule has 1 aromatic carbocycles. The fraction of sp³-hybridized carbons (Fsp3) is 0.452. The third-order valence-electron chi connectivity index (χ3n) is 6.91. The van der Waals surface area contributed by atoms with Crippen LogP contribution in [0.25, 0.3) is 21.9 Å². The van der Waals surface area contributed by atoms with E-state index in [1.165, 1.54) is 0 Å². The lowest BCUT2D eigenvalue weighted by Gasteiger charge is -2.34. The van der Waals surface area contributed by atoms with Crippen molar-refractivity contribution in [2.75, 3.05) is 31.6 Å². The van der Waals surface area contributed by atoms with Gasteiger partial charge in [0.15, 0.2) is 0 Å². The highest BCUT2D eigenvalue weighted by Crippen LogP contribution is 2.32. The zero-order valence-corrected chi connectivity index (χ0v) is 26.0. The number of urea groups is 1. The standard InChI is InChI=1S/C31H40N6O5.ClH/c1-5-33-28(38)36-27-17-25-24(22-10-13-32-14-11-22)9-8-23(26(25)19-34-27)18-35-29(39)41-16-12-21-7-6-15-37(20-21)30(40)42-31(2,3)4;/h8-11,13-14,17,19,21H,5-7,12,15-16,18,20H2,1-4H3,(H,35,39)(H2,33,34,36,38);1H. The van der Waals surface area contributed by atoms with Gasteiger partial charge < -0.3 is 25.0 Å². The molecule has 1 unspecified atom stereocenters. The zero-order valence-electron chi connectivity index (χ0n) is 25.1. The van der Waals surface area contributed by atoms with Crippen LogP contribution in [0.2, 0.25) is 0 Å². The first-order valence-corrected chi connectivity index (χ1v) is 14.4. The maximum Gasteiger partial charge on any atom is 0.410 e. The monoisotopic (exact) mass is 612 g/mol. The summed E-state index contributed by atoms with van der Waals surface area (Å²) in [5.41, 5.74) is 2.25. The van der Waals surface area contributed by atoms with Gasteiger partial charge in [-0.3, -0.25) is 10.3 Å². The van der Waals surface area contributed by atoms with Gasteiger partial charge in [-0.2, -0.15) is 0 Å². The van der Waals surface area contributed by atoms with Gasteiger partial charge >= 0.3 is 18.2 Å². The molecule has 0 bridgehead atoms. The van der Waals surface area contributed by atoms with E-state index in [-0.39, 0.29) is 43.6 Å². The second-order valence-corrected chi connectivity index (χ2v) is 11.3. The molecule has 2 aromatic heterocycles. The molecular formula is C31H41ClN6O5. The van der Waals surface area contributed by atoms with E-state index in [1.807, 2.05) is 58.0 Å². The third-order valence-corrected chi connectivity index (χ3v) is 6.91. The van der Waals surface area contributed by atoms with E-state index in [2.05, 4.69) is 25.9 Å². The third kappa shape index (κ3) is 9.71. The molecule has 3 aromatic rings. The summed E-state index contributed by atoms with van der Waals surface area (Å²) in [5.74, 6) is 0.665. The summed E-state index contributed by atoms with van der Waals surface area (Å²) in [4.78, 5) is 47.3. The molecule has 4 amide bonds. The van der Waals surface area contributed by atoms with Gasteiger partial charge in [-0.15, -0.1) is 12.4 Å². The van der Waals surface area contributed by atoms with Crippen LogP contribution in [0.5, 0.6) is 0 Å². The number of ether oxygens (including phenoxy) is 2. The van der Waals surface area contributed by atoms with Gasteiger partial charge in [0.05, 0.1) is 6.61 Å². The minimum atomic E-state index is -0.531. The number of anilines is 1. The number of piperidine rings is 1. The van der Waals surface area contributed by atoms with Crippen molar-refractivity contribution in [3.63, 3.8) is 0 Å². The number of benzene rings is 1. The van der Waals surface area contributed by atoms with Crippen molar-refractivity contribution in [1.82, 2.24) is 25.5 Å². The Hall–Kier alpha value is -4.12. The van der Waals surface area contributed by atoms with Gasteiger partial charge in [0, 0.05) is 50.2 Å². The molecule has 11 nitrogen and oxygen atoms in total. The average Bonchev–Trinajstić information content (AvgIpc) is 2.95. The fourth-order valence-corrected chi connectivity index (χ4v) is 4.95. The number of carbonyl (C=O) groups excluding carboxylic acids is 3. The number of alkyl carbamates (subject to hydrolysis) is 1. The van der Waals surface area contributed by atoms with Crippen LogP contribution >= 0.6 is 12.4 Å². The Morgan fingerprint density at radius 2 is 1.84 bits per heavy atom. The van der Waals surface area contributed by atoms with Gasteiger partial charge in [0.1, 0.15) is 11.4 Å². The van der Waals surface area contributed by atoms with Crippen molar-refractivity contribution in [2.45, 2.75) is 59.1 Å². The van der Waals surface area contributed by atoms with Gasteiger partial charge in [0.2, 0.25) is 0 Å². The lowest BCUT2D eigenvalue weighted by molar-refractivity contribution is 0.0149. The Morgan fingerprint density at radius 1 is 1.07 bits per heavy atom. The van der Waals surface area contributed by atoms with Crippen LogP contribution in [0.15, 0.2) is 48.9 Å². The average molecular weight is 613 g/mol. The van der Waals surface area contributed by atoms with Crippen molar-refractivity contribution in [1.29, 1.82) is 0 Å². The summed E-state index contributed by atoms with van der Waals surface area (Å²) >= 11 is 0. The molecule has 1 aliphatic heterocycles. The highest BCUT2D eigenvalue weighted by molar-refractivity contribution is 6.00. The molecule has 12 heteroatoms. The summed E-state index contributed by atoms with van der Waals surface area (Å²) in [6.45, 7) is 9.69. The molecule has 4 rings (SSSR count). The number of rotatable bonds is 8. The Bertz CT molecular complexity index is 1400. The number of nitrogens with zero attached hydrogens (tertiary/aromatic N) is 3. The normalized spacial score (nSPS) is 14.8. The molecule has 1 saturated heterocycles. The summed E-state index contributed by atoms with van der Waals surface area (Å²) in [5, 5.41) is 10.0. The van der Waals surface area contributed by atoms with E-state index < -0.39 is 11.7 Å². The fourth-order valence-electron chi connectivity index (χ4n) is 4.95. The van der Waals surface area contributed by atoms with E-state index >= 15 is 0 Å². The number of carbonyl (C=O) groups is 3.